The van der Waals surface area contributed by atoms with Gasteiger partial charge in [0.2, 0.25) is 5.91 Å². The minimum Gasteiger partial charge on any atom is -0.480 e. The van der Waals surface area contributed by atoms with Crippen LogP contribution in [0, 0.1) is 5.82 Å². The maximum absolute atomic E-state index is 13.8. The normalized spacial score (nSPS) is 20.7. The number of hydrogen-bond acceptors (Lipinski definition) is 2. The Balaban J connectivity index is 1.90. The van der Waals surface area contributed by atoms with Gasteiger partial charge in [-0.2, -0.15) is 0 Å². The average Bonchev–Trinajstić information content (AvgIpc) is 2.48. The SMILES string of the molecule is CC1(C(=O)O)CCN1C(=O)Cc1ccc(F)c2ccccc12. The number of aliphatic carboxylic acids is 1. The van der Waals surface area contributed by atoms with Crippen LogP contribution in [-0.2, 0) is 16.0 Å². The number of carbonyl (C=O) groups excluding carboxylic acids is 1. The van der Waals surface area contributed by atoms with Gasteiger partial charge in [-0.25, -0.2) is 9.18 Å². The van der Waals surface area contributed by atoms with Gasteiger partial charge in [-0.3, -0.25) is 4.79 Å². The molecule has 1 amide bonds. The van der Waals surface area contributed by atoms with E-state index in [1.807, 2.05) is 0 Å². The van der Waals surface area contributed by atoms with E-state index in [0.717, 1.165) is 0 Å². The quantitative estimate of drug-likeness (QED) is 0.948. The van der Waals surface area contributed by atoms with Crippen molar-refractivity contribution < 1.29 is 19.1 Å². The molecule has 0 bridgehead atoms. The predicted octanol–water partition coefficient (Wildman–Crippen LogP) is 2.60. The first-order valence-electron chi connectivity index (χ1n) is 7.13. The van der Waals surface area contributed by atoms with Gasteiger partial charge in [0, 0.05) is 11.9 Å². The van der Waals surface area contributed by atoms with Crippen LogP contribution < -0.4 is 0 Å². The largest absolute Gasteiger partial charge is 0.480 e. The second-order valence-corrected chi connectivity index (χ2v) is 5.80. The van der Waals surface area contributed by atoms with Gasteiger partial charge >= 0.3 is 5.97 Å². The molecular weight excluding hydrogens is 285 g/mol. The van der Waals surface area contributed by atoms with Crippen molar-refractivity contribution in [2.75, 3.05) is 6.54 Å². The molecule has 1 atom stereocenters. The summed E-state index contributed by atoms with van der Waals surface area (Å²) >= 11 is 0. The van der Waals surface area contributed by atoms with E-state index in [2.05, 4.69) is 0 Å². The van der Waals surface area contributed by atoms with Crippen LogP contribution in [-0.4, -0.2) is 34.0 Å². The summed E-state index contributed by atoms with van der Waals surface area (Å²) in [5.74, 6) is -1.56. The highest BCUT2D eigenvalue weighted by molar-refractivity contribution is 5.93. The molecule has 0 aromatic heterocycles. The fraction of sp³-hybridized carbons (Fsp3) is 0.294. The summed E-state index contributed by atoms with van der Waals surface area (Å²) in [5, 5.41) is 10.4. The third-order valence-corrected chi connectivity index (χ3v) is 4.48. The lowest BCUT2D eigenvalue weighted by atomic mass is 9.86. The molecule has 1 unspecified atom stereocenters. The van der Waals surface area contributed by atoms with Crippen molar-refractivity contribution in [2.45, 2.75) is 25.3 Å². The summed E-state index contributed by atoms with van der Waals surface area (Å²) in [6.07, 6.45) is 0.530. The smallest absolute Gasteiger partial charge is 0.329 e. The van der Waals surface area contributed by atoms with E-state index in [0.29, 0.717) is 29.3 Å². The number of rotatable bonds is 3. The summed E-state index contributed by atoms with van der Waals surface area (Å²) < 4.78 is 13.8. The number of carbonyl (C=O) groups is 2. The number of benzene rings is 2. The Labute approximate surface area is 127 Å². The lowest BCUT2D eigenvalue weighted by molar-refractivity contribution is -0.168. The highest BCUT2D eigenvalue weighted by Crippen LogP contribution is 2.32. The van der Waals surface area contributed by atoms with Crippen LogP contribution in [0.3, 0.4) is 0 Å². The molecule has 4 nitrogen and oxygen atoms in total. The molecule has 1 aliphatic rings. The van der Waals surface area contributed by atoms with Crippen molar-refractivity contribution >= 4 is 22.6 Å². The molecule has 5 heteroatoms. The van der Waals surface area contributed by atoms with E-state index in [4.69, 9.17) is 0 Å². The highest BCUT2D eigenvalue weighted by Gasteiger charge is 2.49. The maximum atomic E-state index is 13.8. The Morgan fingerprint density at radius 1 is 1.23 bits per heavy atom. The van der Waals surface area contributed by atoms with E-state index >= 15 is 0 Å². The van der Waals surface area contributed by atoms with Gasteiger partial charge in [0.05, 0.1) is 6.42 Å². The van der Waals surface area contributed by atoms with Crippen molar-refractivity contribution in [3.63, 3.8) is 0 Å². The van der Waals surface area contributed by atoms with E-state index in [1.54, 1.807) is 37.3 Å². The van der Waals surface area contributed by atoms with E-state index in [9.17, 15) is 19.1 Å². The van der Waals surface area contributed by atoms with Gasteiger partial charge in [0.15, 0.2) is 0 Å². The maximum Gasteiger partial charge on any atom is 0.329 e. The minimum atomic E-state index is -1.12. The number of hydrogen-bond donors (Lipinski definition) is 1. The van der Waals surface area contributed by atoms with Crippen molar-refractivity contribution in [1.82, 2.24) is 4.90 Å². The molecule has 0 radical (unpaired) electrons. The van der Waals surface area contributed by atoms with Crippen molar-refractivity contribution in [3.05, 3.63) is 47.8 Å². The van der Waals surface area contributed by atoms with Gasteiger partial charge in [-0.05, 0) is 30.4 Å². The number of likely N-dealkylation sites (tertiary alicyclic amines) is 1. The van der Waals surface area contributed by atoms with Crippen LogP contribution in [0.25, 0.3) is 10.8 Å². The molecule has 1 saturated heterocycles. The Bertz CT molecular complexity index is 774. The van der Waals surface area contributed by atoms with Crippen LogP contribution in [0.2, 0.25) is 0 Å². The lowest BCUT2D eigenvalue weighted by Gasteiger charge is -2.47. The van der Waals surface area contributed by atoms with Gasteiger partial charge in [0.1, 0.15) is 11.4 Å². The standard InChI is InChI=1S/C17H16FNO3/c1-17(16(21)22)8-9-19(17)15(20)10-11-6-7-14(18)13-5-3-2-4-12(11)13/h2-7H,8-10H2,1H3,(H,21,22). The van der Waals surface area contributed by atoms with E-state index < -0.39 is 11.5 Å². The number of carboxylic acids is 1. The third kappa shape index (κ3) is 2.13. The van der Waals surface area contributed by atoms with Gasteiger partial charge in [-0.15, -0.1) is 0 Å². The fourth-order valence-corrected chi connectivity index (χ4v) is 2.92. The second kappa shape index (κ2) is 5.09. The van der Waals surface area contributed by atoms with Crippen LogP contribution >= 0.6 is 0 Å². The van der Waals surface area contributed by atoms with Gasteiger partial charge in [-0.1, -0.05) is 30.3 Å². The zero-order valence-corrected chi connectivity index (χ0v) is 12.2. The van der Waals surface area contributed by atoms with Crippen LogP contribution in [0.4, 0.5) is 4.39 Å². The number of fused-ring (bicyclic) bond motifs is 1. The first-order valence-corrected chi connectivity index (χ1v) is 7.13. The molecule has 1 heterocycles. The zero-order valence-electron chi connectivity index (χ0n) is 12.2. The monoisotopic (exact) mass is 301 g/mol. The Kier molecular flexibility index (Phi) is 3.35. The first kappa shape index (κ1) is 14.5. The van der Waals surface area contributed by atoms with E-state index in [1.165, 1.54) is 11.0 Å². The molecule has 22 heavy (non-hydrogen) atoms. The van der Waals surface area contributed by atoms with Crippen LogP contribution in [0.5, 0.6) is 0 Å². The number of halogens is 1. The van der Waals surface area contributed by atoms with Gasteiger partial charge in [0.25, 0.3) is 0 Å². The summed E-state index contributed by atoms with van der Waals surface area (Å²) in [5.41, 5.74) is -0.408. The summed E-state index contributed by atoms with van der Waals surface area (Å²) in [4.78, 5) is 25.1. The Morgan fingerprint density at radius 3 is 2.50 bits per heavy atom. The molecule has 3 rings (SSSR count). The molecule has 2 aromatic rings. The van der Waals surface area contributed by atoms with Crippen molar-refractivity contribution in [1.29, 1.82) is 0 Å². The number of amides is 1. The fourth-order valence-electron chi connectivity index (χ4n) is 2.92. The molecule has 0 saturated carbocycles. The van der Waals surface area contributed by atoms with Crippen molar-refractivity contribution in [3.8, 4) is 0 Å². The molecule has 1 fully saturated rings. The lowest BCUT2D eigenvalue weighted by Crippen LogP contribution is -2.64. The second-order valence-electron chi connectivity index (χ2n) is 5.80. The molecule has 0 spiro atoms. The van der Waals surface area contributed by atoms with E-state index in [-0.39, 0.29) is 18.1 Å². The minimum absolute atomic E-state index is 0.0731. The molecule has 0 aliphatic carbocycles. The number of nitrogens with zero attached hydrogens (tertiary/aromatic N) is 1. The molecular formula is C17H16FNO3. The molecule has 1 aliphatic heterocycles. The summed E-state index contributed by atoms with van der Waals surface area (Å²) in [6, 6.07) is 9.91. The molecule has 2 aromatic carbocycles. The predicted molar refractivity (Wildman–Crippen MR) is 80.0 cm³/mol. The third-order valence-electron chi connectivity index (χ3n) is 4.48. The molecule has 114 valence electrons. The highest BCUT2D eigenvalue weighted by atomic mass is 19.1. The number of carboxylic acid groups (broad SMARTS) is 1. The average molecular weight is 301 g/mol. The topological polar surface area (TPSA) is 57.6 Å². The molecule has 1 N–H and O–H groups in total. The van der Waals surface area contributed by atoms with Gasteiger partial charge < -0.3 is 10.0 Å². The van der Waals surface area contributed by atoms with Crippen LogP contribution in [0.15, 0.2) is 36.4 Å². The summed E-state index contributed by atoms with van der Waals surface area (Å²) in [6.45, 7) is 2.00. The summed E-state index contributed by atoms with van der Waals surface area (Å²) in [7, 11) is 0. The first-order chi connectivity index (χ1) is 10.4. The zero-order chi connectivity index (χ0) is 15.9. The van der Waals surface area contributed by atoms with Crippen LogP contribution in [0.1, 0.15) is 18.9 Å². The Hall–Kier alpha value is -2.43. The Morgan fingerprint density at radius 2 is 1.91 bits per heavy atom. The van der Waals surface area contributed by atoms with Crippen molar-refractivity contribution in [2.24, 2.45) is 0 Å².